The summed E-state index contributed by atoms with van der Waals surface area (Å²) < 4.78 is 1.57. The summed E-state index contributed by atoms with van der Waals surface area (Å²) in [6, 6.07) is 21.9. The van der Waals surface area contributed by atoms with Crippen molar-refractivity contribution in [2.75, 3.05) is 11.4 Å². The number of carbonyl (C=O) groups is 2. The maximum atomic E-state index is 13.3. The SMILES string of the molecule is NC(=O)C(O)C(Cc1ccccc1)NC(=O)c1cccnc1-n1ccc(CN2CCc3ccccc32)n1. The van der Waals surface area contributed by atoms with Crippen LogP contribution in [0, 0.1) is 0 Å². The highest BCUT2D eigenvalue weighted by Gasteiger charge is 2.28. The highest BCUT2D eigenvalue weighted by atomic mass is 16.3. The summed E-state index contributed by atoms with van der Waals surface area (Å²) >= 11 is 0. The van der Waals surface area contributed by atoms with Gasteiger partial charge in [0.25, 0.3) is 5.91 Å². The highest BCUT2D eigenvalue weighted by molar-refractivity contribution is 5.97. The van der Waals surface area contributed by atoms with Crippen LogP contribution in [0.15, 0.2) is 85.2 Å². The zero-order chi connectivity index (χ0) is 25.8. The zero-order valence-corrected chi connectivity index (χ0v) is 20.2. The Morgan fingerprint density at radius 3 is 2.62 bits per heavy atom. The van der Waals surface area contributed by atoms with Crippen molar-refractivity contribution >= 4 is 17.5 Å². The highest BCUT2D eigenvalue weighted by Crippen LogP contribution is 2.28. The molecule has 0 fully saturated rings. The third kappa shape index (κ3) is 5.36. The average molecular weight is 497 g/mol. The van der Waals surface area contributed by atoms with Gasteiger partial charge in [0.15, 0.2) is 11.9 Å². The number of nitrogens with two attached hydrogens (primary N) is 1. The van der Waals surface area contributed by atoms with E-state index in [4.69, 9.17) is 5.73 Å². The van der Waals surface area contributed by atoms with Gasteiger partial charge < -0.3 is 21.1 Å². The number of aliphatic hydroxyl groups is 1. The lowest BCUT2D eigenvalue weighted by Gasteiger charge is -2.22. The molecular formula is C28H28N6O3. The molecule has 5 rings (SSSR count). The van der Waals surface area contributed by atoms with Crippen LogP contribution < -0.4 is 16.0 Å². The van der Waals surface area contributed by atoms with Crippen molar-refractivity contribution in [1.29, 1.82) is 0 Å². The molecule has 37 heavy (non-hydrogen) atoms. The van der Waals surface area contributed by atoms with Gasteiger partial charge in [-0.1, -0.05) is 48.5 Å². The van der Waals surface area contributed by atoms with Gasteiger partial charge in [-0.05, 0) is 48.2 Å². The zero-order valence-electron chi connectivity index (χ0n) is 20.2. The summed E-state index contributed by atoms with van der Waals surface area (Å²) in [5, 5.41) is 17.9. The second kappa shape index (κ2) is 10.6. The Morgan fingerprint density at radius 1 is 1.03 bits per heavy atom. The molecule has 0 saturated heterocycles. The molecule has 0 saturated carbocycles. The number of rotatable bonds is 9. The van der Waals surface area contributed by atoms with Crippen molar-refractivity contribution < 1.29 is 14.7 Å². The molecule has 188 valence electrons. The number of primary amides is 1. The van der Waals surface area contributed by atoms with Crippen molar-refractivity contribution in [1.82, 2.24) is 20.1 Å². The Balaban J connectivity index is 1.35. The Labute approximate surface area is 214 Å². The van der Waals surface area contributed by atoms with E-state index in [0.717, 1.165) is 24.2 Å². The van der Waals surface area contributed by atoms with Crippen LogP contribution in [0.4, 0.5) is 5.69 Å². The van der Waals surface area contributed by atoms with E-state index >= 15 is 0 Å². The van der Waals surface area contributed by atoms with Crippen molar-refractivity contribution in [3.8, 4) is 5.82 Å². The fourth-order valence-corrected chi connectivity index (χ4v) is 4.64. The van der Waals surface area contributed by atoms with Gasteiger partial charge in [0.05, 0.1) is 23.8 Å². The minimum absolute atomic E-state index is 0.232. The molecule has 1 aliphatic heterocycles. The van der Waals surface area contributed by atoms with Crippen molar-refractivity contribution in [2.24, 2.45) is 5.73 Å². The predicted octanol–water partition coefficient (Wildman–Crippen LogP) is 2.02. The third-order valence-electron chi connectivity index (χ3n) is 6.52. The van der Waals surface area contributed by atoms with Crippen LogP contribution in [-0.2, 0) is 24.2 Å². The first kappa shape index (κ1) is 24.2. The van der Waals surface area contributed by atoms with E-state index in [-0.39, 0.29) is 12.0 Å². The lowest BCUT2D eigenvalue weighted by molar-refractivity contribution is -0.127. The van der Waals surface area contributed by atoms with Gasteiger partial charge in [0, 0.05) is 24.6 Å². The molecule has 0 radical (unpaired) electrons. The second-order valence-corrected chi connectivity index (χ2v) is 9.04. The largest absolute Gasteiger partial charge is 0.381 e. The van der Waals surface area contributed by atoms with E-state index in [1.807, 2.05) is 42.5 Å². The van der Waals surface area contributed by atoms with Crippen LogP contribution >= 0.6 is 0 Å². The molecule has 1 aliphatic rings. The van der Waals surface area contributed by atoms with E-state index in [2.05, 4.69) is 38.5 Å². The average Bonchev–Trinajstić information content (AvgIpc) is 3.56. The molecule has 2 amide bonds. The van der Waals surface area contributed by atoms with Gasteiger partial charge in [0.2, 0.25) is 5.91 Å². The van der Waals surface area contributed by atoms with Crippen LogP contribution in [0.3, 0.4) is 0 Å². The summed E-state index contributed by atoms with van der Waals surface area (Å²) in [6.45, 7) is 1.57. The smallest absolute Gasteiger partial charge is 0.255 e. The number of nitrogens with zero attached hydrogens (tertiary/aromatic N) is 4. The van der Waals surface area contributed by atoms with E-state index in [9.17, 15) is 14.7 Å². The fourth-order valence-electron chi connectivity index (χ4n) is 4.64. The van der Waals surface area contributed by atoms with Crippen LogP contribution in [-0.4, -0.2) is 50.4 Å². The van der Waals surface area contributed by atoms with Gasteiger partial charge >= 0.3 is 0 Å². The Hall–Kier alpha value is -4.50. The van der Waals surface area contributed by atoms with Gasteiger partial charge in [-0.2, -0.15) is 5.10 Å². The molecule has 2 aromatic carbocycles. The minimum atomic E-state index is -1.55. The van der Waals surface area contributed by atoms with Gasteiger partial charge in [-0.25, -0.2) is 9.67 Å². The first-order valence-electron chi connectivity index (χ1n) is 12.1. The molecule has 0 bridgehead atoms. The lowest BCUT2D eigenvalue weighted by atomic mass is 10.0. The summed E-state index contributed by atoms with van der Waals surface area (Å²) in [5.41, 5.74) is 9.85. The number of fused-ring (bicyclic) bond motifs is 1. The molecule has 2 unspecified atom stereocenters. The number of aliphatic hydroxyl groups excluding tert-OH is 1. The third-order valence-corrected chi connectivity index (χ3v) is 6.52. The van der Waals surface area contributed by atoms with E-state index in [1.54, 1.807) is 29.2 Å². The van der Waals surface area contributed by atoms with Gasteiger partial charge in [-0.3, -0.25) is 9.59 Å². The van der Waals surface area contributed by atoms with Crippen LogP contribution in [0.25, 0.3) is 5.82 Å². The molecule has 9 nitrogen and oxygen atoms in total. The Bertz CT molecular complexity index is 1400. The standard InChI is InChI=1S/C28H28N6O3/c29-26(36)25(35)23(17-19-7-2-1-3-8-19)31-28(37)22-10-6-14-30-27(22)34-16-13-21(32-34)18-33-15-12-20-9-4-5-11-24(20)33/h1-11,13-14,16,23,25,35H,12,15,17-18H2,(H2,29,36)(H,31,37). The molecule has 9 heteroatoms. The van der Waals surface area contributed by atoms with Crippen LogP contribution in [0.1, 0.15) is 27.2 Å². The number of hydrogen-bond acceptors (Lipinski definition) is 6. The molecule has 4 aromatic rings. The number of para-hydroxylation sites is 1. The summed E-state index contributed by atoms with van der Waals surface area (Å²) in [7, 11) is 0. The maximum absolute atomic E-state index is 13.3. The second-order valence-electron chi connectivity index (χ2n) is 9.04. The predicted molar refractivity (Wildman–Crippen MR) is 139 cm³/mol. The number of pyridine rings is 1. The number of amides is 2. The fraction of sp³-hybridized carbons (Fsp3) is 0.214. The molecule has 3 heterocycles. The number of hydrogen-bond donors (Lipinski definition) is 3. The molecule has 2 atom stereocenters. The quantitative estimate of drug-likeness (QED) is 0.325. The first-order chi connectivity index (χ1) is 18.0. The van der Waals surface area contributed by atoms with E-state index in [1.165, 1.54) is 11.3 Å². The summed E-state index contributed by atoms with van der Waals surface area (Å²) in [5.74, 6) is -1.05. The summed E-state index contributed by atoms with van der Waals surface area (Å²) in [6.07, 6.45) is 3.04. The van der Waals surface area contributed by atoms with Crippen LogP contribution in [0.5, 0.6) is 0 Å². The normalized spacial score (nSPS) is 14.1. The van der Waals surface area contributed by atoms with Crippen LogP contribution in [0.2, 0.25) is 0 Å². The van der Waals surface area contributed by atoms with Gasteiger partial charge in [0.1, 0.15) is 0 Å². The first-order valence-corrected chi connectivity index (χ1v) is 12.1. The molecule has 2 aromatic heterocycles. The Morgan fingerprint density at radius 2 is 1.81 bits per heavy atom. The number of benzene rings is 2. The maximum Gasteiger partial charge on any atom is 0.255 e. The lowest BCUT2D eigenvalue weighted by Crippen LogP contribution is -2.50. The topological polar surface area (TPSA) is 126 Å². The molecule has 4 N–H and O–H groups in total. The number of aromatic nitrogens is 3. The molecule has 0 spiro atoms. The molecular weight excluding hydrogens is 468 g/mol. The number of nitrogens with one attached hydrogen (secondary N) is 1. The number of carbonyl (C=O) groups excluding carboxylic acids is 2. The molecule has 0 aliphatic carbocycles. The van der Waals surface area contributed by atoms with Crippen molar-refractivity contribution in [3.05, 3.63) is 108 Å². The Kier molecular flexibility index (Phi) is 6.96. The van der Waals surface area contributed by atoms with Crippen molar-refractivity contribution in [3.63, 3.8) is 0 Å². The monoisotopic (exact) mass is 496 g/mol. The minimum Gasteiger partial charge on any atom is -0.381 e. The van der Waals surface area contributed by atoms with E-state index < -0.39 is 24.0 Å². The van der Waals surface area contributed by atoms with Gasteiger partial charge in [-0.15, -0.1) is 0 Å². The van der Waals surface area contributed by atoms with E-state index in [0.29, 0.717) is 12.4 Å². The van der Waals surface area contributed by atoms with Crippen molar-refractivity contribution in [2.45, 2.75) is 31.5 Å². The number of anilines is 1. The summed E-state index contributed by atoms with van der Waals surface area (Å²) in [4.78, 5) is 31.8.